The van der Waals surface area contributed by atoms with E-state index in [4.69, 9.17) is 11.6 Å². The number of aryl methyl sites for hydroxylation is 1. The van der Waals surface area contributed by atoms with Crippen LogP contribution in [0.3, 0.4) is 0 Å². The minimum absolute atomic E-state index is 0.198. The van der Waals surface area contributed by atoms with Gasteiger partial charge in [0.2, 0.25) is 0 Å². The zero-order valence-corrected chi connectivity index (χ0v) is 15.7. The fourth-order valence-corrected chi connectivity index (χ4v) is 3.61. The van der Waals surface area contributed by atoms with Crippen LogP contribution in [0.25, 0.3) is 10.9 Å². The molecule has 25 heavy (non-hydrogen) atoms. The van der Waals surface area contributed by atoms with Crippen LogP contribution < -0.4 is 5.32 Å². The van der Waals surface area contributed by atoms with E-state index in [1.807, 2.05) is 30.3 Å². The van der Waals surface area contributed by atoms with Crippen molar-refractivity contribution in [3.63, 3.8) is 0 Å². The van der Waals surface area contributed by atoms with Gasteiger partial charge < -0.3 is 15.0 Å². The van der Waals surface area contributed by atoms with E-state index in [1.165, 1.54) is 11.1 Å². The summed E-state index contributed by atoms with van der Waals surface area (Å²) in [6.07, 6.45) is -0.490. The number of nitrogens with one attached hydrogen (secondary N) is 1. The van der Waals surface area contributed by atoms with Crippen molar-refractivity contribution in [3.8, 4) is 0 Å². The summed E-state index contributed by atoms with van der Waals surface area (Å²) in [5.74, 6) is 0. The first-order valence-corrected chi connectivity index (χ1v) is 9.07. The molecule has 3 rings (SSSR count). The second-order valence-electron chi connectivity index (χ2n) is 6.65. The van der Waals surface area contributed by atoms with Gasteiger partial charge in [0.25, 0.3) is 0 Å². The zero-order valence-electron chi connectivity index (χ0n) is 15.0. The number of hydrogen-bond acceptors (Lipinski definition) is 2. The van der Waals surface area contributed by atoms with Gasteiger partial charge in [0.1, 0.15) is 0 Å². The Balaban J connectivity index is 1.72. The van der Waals surface area contributed by atoms with Crippen LogP contribution in [-0.2, 0) is 6.54 Å². The highest BCUT2D eigenvalue weighted by Gasteiger charge is 2.16. The maximum Gasteiger partial charge on any atom is 0.0843 e. The van der Waals surface area contributed by atoms with E-state index < -0.39 is 6.10 Å². The zero-order chi connectivity index (χ0) is 18.0. The Morgan fingerprint density at radius 3 is 2.52 bits per heavy atom. The molecule has 0 aliphatic rings. The number of aliphatic hydroxyl groups is 1. The summed E-state index contributed by atoms with van der Waals surface area (Å²) in [4.78, 5) is 0. The molecule has 0 saturated carbocycles. The van der Waals surface area contributed by atoms with Crippen molar-refractivity contribution < 1.29 is 5.11 Å². The Bertz CT molecular complexity index is 857. The summed E-state index contributed by atoms with van der Waals surface area (Å²) in [5.41, 5.74) is 4.60. The largest absolute Gasteiger partial charge is 0.390 e. The molecule has 3 nitrogen and oxygen atoms in total. The number of aliphatic hydroxyl groups excluding tert-OH is 1. The molecule has 2 atom stereocenters. The molecule has 0 saturated heterocycles. The molecule has 4 heteroatoms. The van der Waals surface area contributed by atoms with Crippen LogP contribution >= 0.6 is 11.6 Å². The molecule has 1 heterocycles. The van der Waals surface area contributed by atoms with Gasteiger partial charge in [-0.2, -0.15) is 0 Å². The molecule has 0 unspecified atom stereocenters. The number of rotatable bonds is 6. The Morgan fingerprint density at radius 1 is 1.08 bits per heavy atom. The van der Waals surface area contributed by atoms with Crippen molar-refractivity contribution in [2.24, 2.45) is 0 Å². The van der Waals surface area contributed by atoms with E-state index in [0.717, 1.165) is 21.6 Å². The smallest absolute Gasteiger partial charge is 0.0843 e. The van der Waals surface area contributed by atoms with Crippen LogP contribution in [0.2, 0.25) is 5.02 Å². The van der Waals surface area contributed by atoms with Gasteiger partial charge in [0.05, 0.1) is 23.2 Å². The van der Waals surface area contributed by atoms with Gasteiger partial charge >= 0.3 is 0 Å². The quantitative estimate of drug-likeness (QED) is 0.676. The van der Waals surface area contributed by atoms with Gasteiger partial charge in [0.15, 0.2) is 0 Å². The predicted octanol–water partition coefficient (Wildman–Crippen LogP) is 4.62. The first-order valence-electron chi connectivity index (χ1n) is 8.69. The Kier molecular flexibility index (Phi) is 5.48. The molecule has 2 aromatic carbocycles. The lowest BCUT2D eigenvalue weighted by Gasteiger charge is -2.19. The van der Waals surface area contributed by atoms with Gasteiger partial charge in [-0.05, 0) is 38.0 Å². The maximum atomic E-state index is 10.6. The van der Waals surface area contributed by atoms with Crippen molar-refractivity contribution in [1.29, 1.82) is 0 Å². The number of hydrogen-bond donors (Lipinski definition) is 2. The highest BCUT2D eigenvalue weighted by atomic mass is 35.5. The molecule has 0 amide bonds. The molecule has 3 aromatic rings. The number of para-hydroxylation sites is 1. The average molecular weight is 357 g/mol. The van der Waals surface area contributed by atoms with E-state index >= 15 is 0 Å². The molecule has 2 N–H and O–H groups in total. The first-order chi connectivity index (χ1) is 12.0. The van der Waals surface area contributed by atoms with Crippen molar-refractivity contribution >= 4 is 22.5 Å². The third-order valence-corrected chi connectivity index (χ3v) is 5.27. The second kappa shape index (κ2) is 7.61. The summed E-state index contributed by atoms with van der Waals surface area (Å²) < 4.78 is 2.13. The summed E-state index contributed by atoms with van der Waals surface area (Å²) in [5, 5.41) is 15.9. The van der Waals surface area contributed by atoms with Gasteiger partial charge in [-0.15, -0.1) is 0 Å². The molecule has 0 fully saturated rings. The number of nitrogens with zero attached hydrogens (tertiary/aromatic N) is 1. The van der Waals surface area contributed by atoms with Gasteiger partial charge in [-0.3, -0.25) is 0 Å². The van der Waals surface area contributed by atoms with E-state index in [9.17, 15) is 5.11 Å². The van der Waals surface area contributed by atoms with E-state index in [2.05, 4.69) is 48.9 Å². The van der Waals surface area contributed by atoms with Gasteiger partial charge in [-0.1, -0.05) is 54.1 Å². The molecule has 0 bridgehead atoms. The summed E-state index contributed by atoms with van der Waals surface area (Å²) in [6, 6.07) is 16.4. The molecule has 0 radical (unpaired) electrons. The molecule has 0 aliphatic carbocycles. The van der Waals surface area contributed by atoms with Crippen LogP contribution in [0, 0.1) is 13.8 Å². The molecule has 0 spiro atoms. The average Bonchev–Trinajstić information content (AvgIpc) is 2.86. The highest BCUT2D eigenvalue weighted by Crippen LogP contribution is 2.30. The van der Waals surface area contributed by atoms with Crippen molar-refractivity contribution in [2.45, 2.75) is 39.5 Å². The second-order valence-corrected chi connectivity index (χ2v) is 7.06. The molecular formula is C21H25ClN2O. The number of aromatic nitrogens is 1. The molecule has 1 aromatic heterocycles. The van der Waals surface area contributed by atoms with Crippen molar-refractivity contribution in [2.75, 3.05) is 6.54 Å². The van der Waals surface area contributed by atoms with Crippen LogP contribution in [0.15, 0.2) is 48.5 Å². The third kappa shape index (κ3) is 3.74. The minimum Gasteiger partial charge on any atom is -0.390 e. The number of benzene rings is 2. The topological polar surface area (TPSA) is 37.2 Å². The van der Waals surface area contributed by atoms with Crippen LogP contribution in [-0.4, -0.2) is 22.3 Å². The SMILES string of the molecule is Cc1c(C)n(C[C@@H](O)CN[C@H](C)c2ccccc2)c2c(Cl)cccc12. The lowest BCUT2D eigenvalue weighted by atomic mass is 10.1. The van der Waals surface area contributed by atoms with E-state index in [-0.39, 0.29) is 6.04 Å². The Hall–Kier alpha value is -1.81. The molecular weight excluding hydrogens is 332 g/mol. The van der Waals surface area contributed by atoms with Crippen molar-refractivity contribution in [3.05, 3.63) is 70.4 Å². The highest BCUT2D eigenvalue weighted by molar-refractivity contribution is 6.35. The lowest BCUT2D eigenvalue weighted by Crippen LogP contribution is -2.32. The number of halogens is 1. The van der Waals surface area contributed by atoms with E-state index in [1.54, 1.807) is 0 Å². The maximum absolute atomic E-state index is 10.6. The molecule has 132 valence electrons. The van der Waals surface area contributed by atoms with Crippen LogP contribution in [0.1, 0.15) is 29.8 Å². The number of fused-ring (bicyclic) bond motifs is 1. The Morgan fingerprint density at radius 2 is 1.80 bits per heavy atom. The van der Waals surface area contributed by atoms with Crippen LogP contribution in [0.5, 0.6) is 0 Å². The Labute approximate surface area is 154 Å². The standard InChI is InChI=1S/C21H25ClN2O/c1-14-16(3)24(21-19(14)10-7-11-20(21)22)13-18(25)12-23-15(2)17-8-5-4-6-9-17/h4-11,15,18,23,25H,12-13H2,1-3H3/t15-,18+/m1/s1. The van der Waals surface area contributed by atoms with Gasteiger partial charge in [-0.25, -0.2) is 0 Å². The van der Waals surface area contributed by atoms with Crippen LogP contribution in [0.4, 0.5) is 0 Å². The summed E-state index contributed by atoms with van der Waals surface area (Å²) >= 11 is 6.42. The van der Waals surface area contributed by atoms with E-state index in [0.29, 0.717) is 13.1 Å². The summed E-state index contributed by atoms with van der Waals surface area (Å²) in [6.45, 7) is 7.34. The fourth-order valence-electron chi connectivity index (χ4n) is 3.33. The monoisotopic (exact) mass is 356 g/mol. The first kappa shape index (κ1) is 18.0. The van der Waals surface area contributed by atoms with Gasteiger partial charge in [0, 0.05) is 23.7 Å². The fraction of sp³-hybridized carbons (Fsp3) is 0.333. The summed E-state index contributed by atoms with van der Waals surface area (Å²) in [7, 11) is 0. The minimum atomic E-state index is -0.490. The normalized spacial score (nSPS) is 14.0. The third-order valence-electron chi connectivity index (χ3n) is 4.96. The predicted molar refractivity (Wildman–Crippen MR) is 105 cm³/mol. The lowest BCUT2D eigenvalue weighted by molar-refractivity contribution is 0.149. The molecule has 0 aliphatic heterocycles. The van der Waals surface area contributed by atoms with Crippen molar-refractivity contribution in [1.82, 2.24) is 9.88 Å².